The van der Waals surface area contributed by atoms with Crippen LogP contribution in [0.15, 0.2) is 73.3 Å². The third-order valence-electron chi connectivity index (χ3n) is 3.81. The van der Waals surface area contributed by atoms with Crippen molar-refractivity contribution >= 4 is 6.08 Å². The van der Waals surface area contributed by atoms with Crippen molar-refractivity contribution in [3.63, 3.8) is 0 Å². The van der Waals surface area contributed by atoms with Gasteiger partial charge in [-0.1, -0.05) is 92.7 Å². The molecular formula is C23H23F. The van der Waals surface area contributed by atoms with Crippen molar-refractivity contribution in [1.82, 2.24) is 0 Å². The first-order chi connectivity index (χ1) is 11.7. The lowest BCUT2D eigenvalue weighted by Crippen LogP contribution is -1.87. The van der Waals surface area contributed by atoms with Gasteiger partial charge in [-0.3, -0.25) is 0 Å². The zero-order chi connectivity index (χ0) is 17.5. The molecular weight excluding hydrogens is 295 g/mol. The van der Waals surface area contributed by atoms with Crippen LogP contribution in [0, 0.1) is 12.7 Å². The average molecular weight is 318 g/mol. The Labute approximate surface area is 144 Å². The maximum atomic E-state index is 14.5. The molecule has 3 aromatic rings. The number of rotatable bonds is 3. The predicted molar refractivity (Wildman–Crippen MR) is 103 cm³/mol. The van der Waals surface area contributed by atoms with Crippen molar-refractivity contribution in [2.45, 2.75) is 20.8 Å². The zero-order valence-electron chi connectivity index (χ0n) is 14.5. The summed E-state index contributed by atoms with van der Waals surface area (Å²) in [4.78, 5) is 0. The van der Waals surface area contributed by atoms with Crippen LogP contribution >= 0.6 is 0 Å². The van der Waals surface area contributed by atoms with Gasteiger partial charge in [-0.25, -0.2) is 4.39 Å². The second kappa shape index (κ2) is 8.26. The summed E-state index contributed by atoms with van der Waals surface area (Å²) >= 11 is 0. The molecule has 0 N–H and O–H groups in total. The molecule has 1 heteroatoms. The third-order valence-corrected chi connectivity index (χ3v) is 3.81. The molecule has 0 saturated carbocycles. The molecule has 0 aliphatic carbocycles. The van der Waals surface area contributed by atoms with Gasteiger partial charge >= 0.3 is 0 Å². The Morgan fingerprint density at radius 1 is 0.750 bits per heavy atom. The fraction of sp³-hybridized carbons (Fsp3) is 0.130. The van der Waals surface area contributed by atoms with Gasteiger partial charge in [0.2, 0.25) is 0 Å². The normalized spacial score (nSPS) is 9.83. The van der Waals surface area contributed by atoms with Crippen molar-refractivity contribution < 1.29 is 4.39 Å². The van der Waals surface area contributed by atoms with Crippen LogP contribution in [0.3, 0.4) is 0 Å². The molecule has 0 nitrogen and oxygen atoms in total. The van der Waals surface area contributed by atoms with Gasteiger partial charge in [0, 0.05) is 5.56 Å². The van der Waals surface area contributed by atoms with Crippen LogP contribution < -0.4 is 0 Å². The van der Waals surface area contributed by atoms with Crippen LogP contribution in [0.25, 0.3) is 28.3 Å². The van der Waals surface area contributed by atoms with E-state index >= 15 is 0 Å². The molecule has 0 unspecified atom stereocenters. The molecule has 0 bridgehead atoms. The lowest BCUT2D eigenvalue weighted by molar-refractivity contribution is 0.632. The molecule has 0 atom stereocenters. The molecule has 0 heterocycles. The summed E-state index contributed by atoms with van der Waals surface area (Å²) in [7, 11) is 0. The molecule has 0 aliphatic rings. The zero-order valence-corrected chi connectivity index (χ0v) is 14.5. The summed E-state index contributed by atoms with van der Waals surface area (Å²) in [6.07, 6.45) is 1.78. The van der Waals surface area contributed by atoms with Gasteiger partial charge in [-0.15, -0.1) is 0 Å². The van der Waals surface area contributed by atoms with Gasteiger partial charge in [0.15, 0.2) is 0 Å². The predicted octanol–water partition coefficient (Wildman–Crippen LogP) is 7.14. The molecule has 0 aromatic heterocycles. The van der Waals surface area contributed by atoms with Gasteiger partial charge in [0.25, 0.3) is 0 Å². The fourth-order valence-electron chi connectivity index (χ4n) is 2.47. The molecule has 0 saturated heterocycles. The van der Waals surface area contributed by atoms with Crippen molar-refractivity contribution in [2.24, 2.45) is 0 Å². The summed E-state index contributed by atoms with van der Waals surface area (Å²) in [5.74, 6) is -0.204. The van der Waals surface area contributed by atoms with Crippen molar-refractivity contribution in [2.75, 3.05) is 0 Å². The smallest absolute Gasteiger partial charge is 0.131 e. The van der Waals surface area contributed by atoms with Crippen LogP contribution in [0.5, 0.6) is 0 Å². The van der Waals surface area contributed by atoms with Crippen molar-refractivity contribution in [3.05, 3.63) is 90.3 Å². The minimum atomic E-state index is -0.204. The quantitative estimate of drug-likeness (QED) is 0.481. The van der Waals surface area contributed by atoms with Crippen LogP contribution in [0.1, 0.15) is 25.0 Å². The van der Waals surface area contributed by atoms with Gasteiger partial charge in [0.1, 0.15) is 5.82 Å². The van der Waals surface area contributed by atoms with E-state index in [2.05, 4.69) is 6.58 Å². The molecule has 0 spiro atoms. The van der Waals surface area contributed by atoms with Gasteiger partial charge < -0.3 is 0 Å². The molecule has 0 aliphatic heterocycles. The van der Waals surface area contributed by atoms with Crippen LogP contribution in [0.2, 0.25) is 0 Å². The van der Waals surface area contributed by atoms with E-state index in [1.807, 2.05) is 81.4 Å². The third kappa shape index (κ3) is 3.99. The topological polar surface area (TPSA) is 0 Å². The molecule has 0 fully saturated rings. The Balaban J connectivity index is 0.00000100. The van der Waals surface area contributed by atoms with Crippen molar-refractivity contribution in [1.29, 1.82) is 0 Å². The monoisotopic (exact) mass is 318 g/mol. The van der Waals surface area contributed by atoms with Crippen molar-refractivity contribution in [3.8, 4) is 22.3 Å². The number of benzene rings is 3. The van der Waals surface area contributed by atoms with Crippen LogP contribution in [-0.2, 0) is 0 Å². The molecule has 24 heavy (non-hydrogen) atoms. The maximum absolute atomic E-state index is 14.5. The SMILES string of the molecule is C=Cc1ccc(-c2ccc(-c3ccc(C)cc3)cc2F)cc1.CC. The first kappa shape index (κ1) is 17.7. The Bertz CT molecular complexity index is 796. The summed E-state index contributed by atoms with van der Waals surface area (Å²) in [6.45, 7) is 9.77. The van der Waals surface area contributed by atoms with E-state index in [1.54, 1.807) is 12.1 Å². The lowest BCUT2D eigenvalue weighted by Gasteiger charge is -2.08. The largest absolute Gasteiger partial charge is 0.206 e. The first-order valence-electron chi connectivity index (χ1n) is 8.27. The highest BCUT2D eigenvalue weighted by Gasteiger charge is 2.07. The molecule has 0 radical (unpaired) electrons. The van der Waals surface area contributed by atoms with E-state index in [0.29, 0.717) is 5.56 Å². The van der Waals surface area contributed by atoms with Gasteiger partial charge in [-0.05, 0) is 35.2 Å². The summed E-state index contributed by atoms with van der Waals surface area (Å²) in [5, 5.41) is 0. The molecule has 3 aromatic carbocycles. The maximum Gasteiger partial charge on any atom is 0.131 e. The highest BCUT2D eigenvalue weighted by Crippen LogP contribution is 2.28. The number of halogens is 1. The minimum Gasteiger partial charge on any atom is -0.206 e. The first-order valence-corrected chi connectivity index (χ1v) is 8.27. The van der Waals surface area contributed by atoms with Gasteiger partial charge in [-0.2, -0.15) is 0 Å². The molecule has 122 valence electrons. The average Bonchev–Trinajstić information content (AvgIpc) is 2.64. The molecule has 3 rings (SSSR count). The minimum absolute atomic E-state index is 0.204. The highest BCUT2D eigenvalue weighted by atomic mass is 19.1. The van der Waals surface area contributed by atoms with Gasteiger partial charge in [0.05, 0.1) is 0 Å². The summed E-state index contributed by atoms with van der Waals surface area (Å²) in [5.41, 5.74) is 5.63. The second-order valence-corrected chi connectivity index (χ2v) is 5.39. The Morgan fingerprint density at radius 3 is 1.83 bits per heavy atom. The summed E-state index contributed by atoms with van der Waals surface area (Å²) in [6, 6.07) is 21.2. The van der Waals surface area contributed by atoms with E-state index in [1.165, 1.54) is 5.56 Å². The second-order valence-electron chi connectivity index (χ2n) is 5.39. The standard InChI is InChI=1S/C21H17F.C2H6/c1-3-16-6-10-18(11-7-16)20-13-12-19(14-21(20)22)17-8-4-15(2)5-9-17;1-2/h3-14H,1H2,2H3;1-2H3. The lowest BCUT2D eigenvalue weighted by atomic mass is 9.98. The number of aryl methyl sites for hydroxylation is 1. The Morgan fingerprint density at radius 2 is 1.29 bits per heavy atom. The van der Waals surface area contributed by atoms with E-state index in [0.717, 1.165) is 22.3 Å². The fourth-order valence-corrected chi connectivity index (χ4v) is 2.47. The van der Waals surface area contributed by atoms with E-state index < -0.39 is 0 Å². The Kier molecular flexibility index (Phi) is 6.08. The number of hydrogen-bond donors (Lipinski definition) is 0. The Hall–Kier alpha value is -2.67. The molecule has 0 amide bonds. The van der Waals surface area contributed by atoms with E-state index in [9.17, 15) is 4.39 Å². The van der Waals surface area contributed by atoms with Crippen LogP contribution in [-0.4, -0.2) is 0 Å². The van der Waals surface area contributed by atoms with Crippen LogP contribution in [0.4, 0.5) is 4.39 Å². The highest BCUT2D eigenvalue weighted by molar-refractivity contribution is 5.71. The number of hydrogen-bond acceptors (Lipinski definition) is 0. The van der Waals surface area contributed by atoms with E-state index in [4.69, 9.17) is 0 Å². The van der Waals surface area contributed by atoms with E-state index in [-0.39, 0.29) is 5.82 Å². The summed E-state index contributed by atoms with van der Waals surface area (Å²) < 4.78 is 14.5.